The SMILES string of the molecule is CCN(CC)CCNS(=O)(=O)c1cn(Cc2ccccc2)nc1C. The second-order valence-electron chi connectivity index (χ2n) is 5.69. The summed E-state index contributed by atoms with van der Waals surface area (Å²) >= 11 is 0. The van der Waals surface area contributed by atoms with Gasteiger partial charge in [-0.05, 0) is 25.6 Å². The van der Waals surface area contributed by atoms with Gasteiger partial charge in [0.2, 0.25) is 10.0 Å². The predicted octanol–water partition coefficient (Wildman–Crippen LogP) is 1.86. The van der Waals surface area contributed by atoms with Crippen molar-refractivity contribution in [3.63, 3.8) is 0 Å². The lowest BCUT2D eigenvalue weighted by Gasteiger charge is -2.17. The third-order valence-corrected chi connectivity index (χ3v) is 5.56. The van der Waals surface area contributed by atoms with Gasteiger partial charge in [0.25, 0.3) is 0 Å². The topological polar surface area (TPSA) is 67.2 Å². The summed E-state index contributed by atoms with van der Waals surface area (Å²) in [5.74, 6) is 0. The number of benzene rings is 1. The first-order valence-electron chi connectivity index (χ1n) is 8.26. The minimum Gasteiger partial charge on any atom is -0.303 e. The fourth-order valence-corrected chi connectivity index (χ4v) is 3.78. The van der Waals surface area contributed by atoms with Crippen molar-refractivity contribution in [1.82, 2.24) is 19.4 Å². The van der Waals surface area contributed by atoms with E-state index in [2.05, 4.69) is 28.6 Å². The summed E-state index contributed by atoms with van der Waals surface area (Å²) in [6.45, 7) is 9.32. The molecule has 0 amide bonds. The zero-order chi connectivity index (χ0) is 17.6. The highest BCUT2D eigenvalue weighted by molar-refractivity contribution is 7.89. The van der Waals surface area contributed by atoms with Gasteiger partial charge in [-0.2, -0.15) is 5.10 Å². The number of aromatic nitrogens is 2. The van der Waals surface area contributed by atoms with Crippen LogP contribution in [0.4, 0.5) is 0 Å². The van der Waals surface area contributed by atoms with E-state index in [1.54, 1.807) is 17.8 Å². The number of nitrogens with zero attached hydrogens (tertiary/aromatic N) is 3. The Morgan fingerprint density at radius 3 is 2.46 bits per heavy atom. The van der Waals surface area contributed by atoms with E-state index < -0.39 is 10.0 Å². The van der Waals surface area contributed by atoms with Crippen LogP contribution in [0.15, 0.2) is 41.4 Å². The van der Waals surface area contributed by atoms with Crippen molar-refractivity contribution >= 4 is 10.0 Å². The number of nitrogens with one attached hydrogen (secondary N) is 1. The summed E-state index contributed by atoms with van der Waals surface area (Å²) in [6.07, 6.45) is 1.60. The molecule has 1 heterocycles. The van der Waals surface area contributed by atoms with Crippen molar-refractivity contribution in [2.75, 3.05) is 26.2 Å². The summed E-state index contributed by atoms with van der Waals surface area (Å²) in [5.41, 5.74) is 1.60. The molecule has 7 heteroatoms. The summed E-state index contributed by atoms with van der Waals surface area (Å²) < 4.78 is 29.3. The molecule has 0 aliphatic rings. The Morgan fingerprint density at radius 2 is 1.83 bits per heavy atom. The van der Waals surface area contributed by atoms with Crippen molar-refractivity contribution in [1.29, 1.82) is 0 Å². The van der Waals surface area contributed by atoms with Crippen molar-refractivity contribution in [3.05, 3.63) is 47.8 Å². The van der Waals surface area contributed by atoms with Gasteiger partial charge in [0.15, 0.2) is 0 Å². The minimum atomic E-state index is -3.53. The monoisotopic (exact) mass is 350 g/mol. The molecule has 0 unspecified atom stereocenters. The van der Waals surface area contributed by atoms with Gasteiger partial charge in [-0.1, -0.05) is 44.2 Å². The molecular weight excluding hydrogens is 324 g/mol. The highest BCUT2D eigenvalue weighted by Gasteiger charge is 2.20. The molecule has 0 saturated heterocycles. The third-order valence-electron chi connectivity index (χ3n) is 3.99. The molecular formula is C17H26N4O2S. The number of sulfonamides is 1. The van der Waals surface area contributed by atoms with Gasteiger partial charge in [0.1, 0.15) is 4.90 Å². The Kier molecular flexibility index (Phi) is 6.53. The summed E-state index contributed by atoms with van der Waals surface area (Å²) in [7, 11) is -3.53. The highest BCUT2D eigenvalue weighted by Crippen LogP contribution is 2.14. The lowest BCUT2D eigenvalue weighted by atomic mass is 10.2. The van der Waals surface area contributed by atoms with E-state index >= 15 is 0 Å². The predicted molar refractivity (Wildman–Crippen MR) is 95.5 cm³/mol. The van der Waals surface area contributed by atoms with Gasteiger partial charge in [-0.3, -0.25) is 4.68 Å². The van der Waals surface area contributed by atoms with Crippen LogP contribution in [-0.4, -0.2) is 49.3 Å². The number of likely N-dealkylation sites (N-methyl/N-ethyl adjacent to an activating group) is 1. The zero-order valence-corrected chi connectivity index (χ0v) is 15.4. The average Bonchev–Trinajstić information content (AvgIpc) is 2.94. The van der Waals surface area contributed by atoms with Gasteiger partial charge < -0.3 is 4.90 Å². The molecule has 0 atom stereocenters. The van der Waals surface area contributed by atoms with Crippen LogP contribution < -0.4 is 4.72 Å². The summed E-state index contributed by atoms with van der Waals surface area (Å²) in [5, 5.41) is 4.33. The molecule has 0 bridgehead atoms. The number of hydrogen-bond acceptors (Lipinski definition) is 4. The van der Waals surface area contributed by atoms with Crippen LogP contribution in [0.2, 0.25) is 0 Å². The highest BCUT2D eigenvalue weighted by atomic mass is 32.2. The smallest absolute Gasteiger partial charge is 0.244 e. The molecule has 0 spiro atoms. The van der Waals surface area contributed by atoms with Crippen molar-refractivity contribution in [3.8, 4) is 0 Å². The van der Waals surface area contributed by atoms with E-state index in [1.165, 1.54) is 0 Å². The van der Waals surface area contributed by atoms with Crippen molar-refractivity contribution < 1.29 is 8.42 Å². The van der Waals surface area contributed by atoms with E-state index in [0.717, 1.165) is 18.7 Å². The molecule has 1 aromatic heterocycles. The van der Waals surface area contributed by atoms with E-state index in [9.17, 15) is 8.42 Å². The Bertz CT molecular complexity index is 737. The Hall–Kier alpha value is -1.70. The quantitative estimate of drug-likeness (QED) is 0.750. The maximum atomic E-state index is 12.5. The molecule has 0 radical (unpaired) electrons. The first kappa shape index (κ1) is 18.6. The van der Waals surface area contributed by atoms with E-state index in [-0.39, 0.29) is 4.90 Å². The Morgan fingerprint density at radius 1 is 1.17 bits per heavy atom. The zero-order valence-electron chi connectivity index (χ0n) is 14.6. The van der Waals surface area contributed by atoms with Gasteiger partial charge >= 0.3 is 0 Å². The van der Waals surface area contributed by atoms with Crippen molar-refractivity contribution in [2.24, 2.45) is 0 Å². The normalized spacial score (nSPS) is 12.0. The van der Waals surface area contributed by atoms with E-state index in [0.29, 0.717) is 25.3 Å². The van der Waals surface area contributed by atoms with Crippen LogP contribution in [0.5, 0.6) is 0 Å². The van der Waals surface area contributed by atoms with Crippen LogP contribution in [0.25, 0.3) is 0 Å². The lowest BCUT2D eigenvalue weighted by Crippen LogP contribution is -2.34. The maximum absolute atomic E-state index is 12.5. The van der Waals surface area contributed by atoms with Gasteiger partial charge in [0.05, 0.1) is 12.2 Å². The molecule has 132 valence electrons. The molecule has 6 nitrogen and oxygen atoms in total. The summed E-state index contributed by atoms with van der Waals surface area (Å²) in [4.78, 5) is 2.42. The fraction of sp³-hybridized carbons (Fsp3) is 0.471. The third kappa shape index (κ3) is 4.90. The van der Waals surface area contributed by atoms with Gasteiger partial charge in [-0.15, -0.1) is 0 Å². The van der Waals surface area contributed by atoms with Crippen LogP contribution in [0, 0.1) is 6.92 Å². The van der Waals surface area contributed by atoms with E-state index in [4.69, 9.17) is 0 Å². The number of hydrogen-bond donors (Lipinski definition) is 1. The molecule has 0 aliphatic carbocycles. The van der Waals surface area contributed by atoms with Crippen LogP contribution in [0.3, 0.4) is 0 Å². The molecule has 24 heavy (non-hydrogen) atoms. The average molecular weight is 350 g/mol. The molecule has 1 N–H and O–H groups in total. The molecule has 0 saturated carbocycles. The van der Waals surface area contributed by atoms with E-state index in [1.807, 2.05) is 30.3 Å². The molecule has 0 fully saturated rings. The minimum absolute atomic E-state index is 0.248. The van der Waals surface area contributed by atoms with Crippen molar-refractivity contribution in [2.45, 2.75) is 32.2 Å². The second-order valence-corrected chi connectivity index (χ2v) is 7.42. The standard InChI is InChI=1S/C17H26N4O2S/c1-4-20(5-2)12-11-18-24(22,23)17-14-21(19-15(17)3)13-16-9-7-6-8-10-16/h6-10,14,18H,4-5,11-13H2,1-3H3. The second kappa shape index (κ2) is 8.41. The van der Waals surface area contributed by atoms with Crippen LogP contribution >= 0.6 is 0 Å². The molecule has 1 aromatic carbocycles. The number of rotatable bonds is 9. The summed E-state index contributed by atoms with van der Waals surface area (Å²) in [6, 6.07) is 9.85. The first-order valence-corrected chi connectivity index (χ1v) is 9.74. The molecule has 0 aliphatic heterocycles. The van der Waals surface area contributed by atoms with Gasteiger partial charge in [0, 0.05) is 19.3 Å². The van der Waals surface area contributed by atoms with Crippen LogP contribution in [0.1, 0.15) is 25.1 Å². The molecule has 2 rings (SSSR count). The first-order chi connectivity index (χ1) is 11.5. The van der Waals surface area contributed by atoms with Crippen LogP contribution in [-0.2, 0) is 16.6 Å². The van der Waals surface area contributed by atoms with Gasteiger partial charge in [-0.25, -0.2) is 13.1 Å². The number of aryl methyl sites for hydroxylation is 1. The Balaban J connectivity index is 2.05. The molecule has 2 aromatic rings. The fourth-order valence-electron chi connectivity index (χ4n) is 2.57. The Labute approximate surface area is 144 Å². The lowest BCUT2D eigenvalue weighted by molar-refractivity contribution is 0.309. The maximum Gasteiger partial charge on any atom is 0.244 e. The largest absolute Gasteiger partial charge is 0.303 e.